The minimum absolute atomic E-state index is 0.00236. The van der Waals surface area contributed by atoms with E-state index in [1.165, 1.54) is 17.7 Å². The Labute approximate surface area is 89.0 Å². The van der Waals surface area contributed by atoms with Crippen LogP contribution in [0.25, 0.3) is 0 Å². The van der Waals surface area contributed by atoms with Crippen LogP contribution >= 0.6 is 0 Å². The summed E-state index contributed by atoms with van der Waals surface area (Å²) in [5, 5.41) is 8.55. The first-order valence-electron chi connectivity index (χ1n) is 5.20. The number of likely N-dealkylation sites (N-methyl/N-ethyl adjacent to an activating group) is 1. The lowest BCUT2D eigenvalue weighted by molar-refractivity contribution is -0.146. The first-order chi connectivity index (χ1) is 7.13. The van der Waals surface area contributed by atoms with E-state index < -0.39 is 5.97 Å². The summed E-state index contributed by atoms with van der Waals surface area (Å²) < 4.78 is 5.20. The number of carboxylic acids is 1. The number of ether oxygens (including phenoxy) is 1. The Balaban J connectivity index is 2.18. The third-order valence-corrected chi connectivity index (χ3v) is 2.34. The summed E-state index contributed by atoms with van der Waals surface area (Å²) in [4.78, 5) is 23.2. The van der Waals surface area contributed by atoms with Crippen LogP contribution in [0.2, 0.25) is 0 Å². The van der Waals surface area contributed by atoms with E-state index in [2.05, 4.69) is 0 Å². The maximum atomic E-state index is 11.4. The van der Waals surface area contributed by atoms with E-state index in [9.17, 15) is 9.59 Å². The lowest BCUT2D eigenvalue weighted by atomic mass is 10.4. The van der Waals surface area contributed by atoms with Crippen molar-refractivity contribution in [3.63, 3.8) is 0 Å². The Hall–Kier alpha value is -1.10. The van der Waals surface area contributed by atoms with Gasteiger partial charge in [0.1, 0.15) is 13.2 Å². The minimum Gasteiger partial charge on any atom is -0.480 e. The molecule has 15 heavy (non-hydrogen) atoms. The molecule has 0 aromatic carbocycles. The first-order valence-corrected chi connectivity index (χ1v) is 5.20. The molecule has 0 aromatic rings. The van der Waals surface area contributed by atoms with Gasteiger partial charge in [0.2, 0.25) is 5.91 Å². The van der Waals surface area contributed by atoms with E-state index in [4.69, 9.17) is 9.84 Å². The van der Waals surface area contributed by atoms with E-state index in [0.29, 0.717) is 19.1 Å². The molecule has 1 fully saturated rings. The molecule has 86 valence electrons. The maximum absolute atomic E-state index is 11.4. The Kier molecular flexibility index (Phi) is 4.55. The summed E-state index contributed by atoms with van der Waals surface area (Å²) >= 11 is 0. The van der Waals surface area contributed by atoms with Gasteiger partial charge in [-0.1, -0.05) is 0 Å². The lowest BCUT2D eigenvalue weighted by Crippen LogP contribution is -2.37. The molecule has 0 aliphatic heterocycles. The monoisotopic (exact) mass is 215 g/mol. The molecule has 0 saturated heterocycles. The van der Waals surface area contributed by atoms with E-state index >= 15 is 0 Å². The summed E-state index contributed by atoms with van der Waals surface area (Å²) in [6, 6.07) is 0. The molecule has 0 atom stereocenters. The van der Waals surface area contributed by atoms with Crippen molar-refractivity contribution >= 4 is 11.9 Å². The van der Waals surface area contributed by atoms with Crippen LogP contribution in [0.5, 0.6) is 0 Å². The Bertz CT molecular complexity index is 238. The molecule has 0 aromatic heterocycles. The number of hydrogen-bond acceptors (Lipinski definition) is 3. The quantitative estimate of drug-likeness (QED) is 0.665. The van der Waals surface area contributed by atoms with Crippen LogP contribution in [-0.4, -0.2) is 48.2 Å². The van der Waals surface area contributed by atoms with Crippen molar-refractivity contribution < 1.29 is 19.4 Å². The van der Waals surface area contributed by atoms with E-state index in [1.807, 2.05) is 0 Å². The standard InChI is InChI=1S/C10H17NO4/c1-2-11(5-10(13)14)9(12)7-15-6-8-3-4-8/h8H,2-7H2,1H3,(H,13,14). The van der Waals surface area contributed by atoms with Crippen LogP contribution in [0.4, 0.5) is 0 Å². The highest BCUT2D eigenvalue weighted by molar-refractivity contribution is 5.82. The molecule has 5 heteroatoms. The number of amides is 1. The van der Waals surface area contributed by atoms with Gasteiger partial charge in [0.05, 0.1) is 6.61 Å². The molecule has 1 rings (SSSR count). The summed E-state index contributed by atoms with van der Waals surface area (Å²) in [5.41, 5.74) is 0. The average Bonchev–Trinajstić information content (AvgIpc) is 2.97. The normalized spacial score (nSPS) is 15.0. The van der Waals surface area contributed by atoms with Gasteiger partial charge < -0.3 is 14.7 Å². The zero-order valence-corrected chi connectivity index (χ0v) is 8.94. The largest absolute Gasteiger partial charge is 0.480 e. The number of carbonyl (C=O) groups excluding carboxylic acids is 1. The van der Waals surface area contributed by atoms with Crippen molar-refractivity contribution in [2.75, 3.05) is 26.3 Å². The minimum atomic E-state index is -0.993. The highest BCUT2D eigenvalue weighted by Gasteiger charge is 2.22. The molecule has 0 unspecified atom stereocenters. The van der Waals surface area contributed by atoms with Crippen molar-refractivity contribution in [3.05, 3.63) is 0 Å². The van der Waals surface area contributed by atoms with Gasteiger partial charge in [0, 0.05) is 6.54 Å². The zero-order chi connectivity index (χ0) is 11.3. The fraction of sp³-hybridized carbons (Fsp3) is 0.800. The van der Waals surface area contributed by atoms with Gasteiger partial charge in [-0.05, 0) is 25.7 Å². The third kappa shape index (κ3) is 4.78. The molecule has 0 heterocycles. The fourth-order valence-corrected chi connectivity index (χ4v) is 1.23. The molecular formula is C10H17NO4. The second-order valence-electron chi connectivity index (χ2n) is 3.76. The van der Waals surface area contributed by atoms with Crippen molar-refractivity contribution in [2.24, 2.45) is 5.92 Å². The smallest absolute Gasteiger partial charge is 0.323 e. The Morgan fingerprint density at radius 1 is 1.47 bits per heavy atom. The van der Waals surface area contributed by atoms with E-state index in [-0.39, 0.29) is 19.1 Å². The fourth-order valence-electron chi connectivity index (χ4n) is 1.23. The topological polar surface area (TPSA) is 66.8 Å². The molecule has 0 bridgehead atoms. The van der Waals surface area contributed by atoms with Gasteiger partial charge in [-0.3, -0.25) is 9.59 Å². The highest BCUT2D eigenvalue weighted by atomic mass is 16.5. The number of nitrogens with zero attached hydrogens (tertiary/aromatic N) is 1. The summed E-state index contributed by atoms with van der Waals surface area (Å²) in [7, 11) is 0. The van der Waals surface area contributed by atoms with Crippen LogP contribution in [0.3, 0.4) is 0 Å². The van der Waals surface area contributed by atoms with Gasteiger partial charge in [-0.15, -0.1) is 0 Å². The second-order valence-corrected chi connectivity index (χ2v) is 3.76. The molecule has 5 nitrogen and oxygen atoms in total. The summed E-state index contributed by atoms with van der Waals surface area (Å²) in [6.45, 7) is 2.52. The first kappa shape index (κ1) is 12.0. The maximum Gasteiger partial charge on any atom is 0.323 e. The van der Waals surface area contributed by atoms with E-state index in [0.717, 1.165) is 0 Å². The van der Waals surface area contributed by atoms with Crippen molar-refractivity contribution in [2.45, 2.75) is 19.8 Å². The third-order valence-electron chi connectivity index (χ3n) is 2.34. The molecular weight excluding hydrogens is 198 g/mol. The van der Waals surface area contributed by atoms with Crippen LogP contribution in [0, 0.1) is 5.92 Å². The number of hydrogen-bond donors (Lipinski definition) is 1. The van der Waals surface area contributed by atoms with Gasteiger partial charge in [0.25, 0.3) is 0 Å². The Morgan fingerprint density at radius 2 is 2.13 bits per heavy atom. The van der Waals surface area contributed by atoms with Crippen LogP contribution in [0.15, 0.2) is 0 Å². The van der Waals surface area contributed by atoms with Gasteiger partial charge in [-0.25, -0.2) is 0 Å². The molecule has 0 radical (unpaired) electrons. The SMILES string of the molecule is CCN(CC(=O)O)C(=O)COCC1CC1. The van der Waals surface area contributed by atoms with Crippen molar-refractivity contribution in [1.82, 2.24) is 4.90 Å². The molecule has 1 aliphatic rings. The predicted octanol–water partition coefficient (Wildman–Crippen LogP) is 0.346. The molecule has 1 N–H and O–H groups in total. The van der Waals surface area contributed by atoms with Gasteiger partial charge >= 0.3 is 5.97 Å². The highest BCUT2D eigenvalue weighted by Crippen LogP contribution is 2.28. The number of rotatable bonds is 7. The van der Waals surface area contributed by atoms with Crippen LogP contribution in [0.1, 0.15) is 19.8 Å². The summed E-state index contributed by atoms with van der Waals surface area (Å²) in [6.07, 6.45) is 2.36. The molecule has 1 saturated carbocycles. The lowest BCUT2D eigenvalue weighted by Gasteiger charge is -2.18. The number of aliphatic carboxylic acids is 1. The zero-order valence-electron chi connectivity index (χ0n) is 8.94. The van der Waals surface area contributed by atoms with Crippen molar-refractivity contribution in [1.29, 1.82) is 0 Å². The van der Waals surface area contributed by atoms with Crippen LogP contribution in [-0.2, 0) is 14.3 Å². The van der Waals surface area contributed by atoms with Crippen LogP contribution < -0.4 is 0 Å². The van der Waals surface area contributed by atoms with E-state index in [1.54, 1.807) is 6.92 Å². The second kappa shape index (κ2) is 5.70. The van der Waals surface area contributed by atoms with Gasteiger partial charge in [0.15, 0.2) is 0 Å². The molecule has 1 aliphatic carbocycles. The number of carboxylic acid groups (broad SMARTS) is 1. The summed E-state index contributed by atoms with van der Waals surface area (Å²) in [5.74, 6) is -0.625. The predicted molar refractivity (Wildman–Crippen MR) is 53.4 cm³/mol. The number of carbonyl (C=O) groups is 2. The molecule has 1 amide bonds. The molecule has 0 spiro atoms. The van der Waals surface area contributed by atoms with Gasteiger partial charge in [-0.2, -0.15) is 0 Å². The average molecular weight is 215 g/mol. The van der Waals surface area contributed by atoms with Crippen molar-refractivity contribution in [3.8, 4) is 0 Å². The Morgan fingerprint density at radius 3 is 2.60 bits per heavy atom.